The lowest BCUT2D eigenvalue weighted by atomic mass is 10.0. The number of likely N-dealkylation sites (tertiary alicyclic amines) is 1. The van der Waals surface area contributed by atoms with Crippen molar-refractivity contribution in [3.8, 4) is 17.1 Å². The van der Waals surface area contributed by atoms with Crippen molar-refractivity contribution in [2.45, 2.75) is 38.5 Å². The fourth-order valence-corrected chi connectivity index (χ4v) is 5.30. The molecule has 2 fully saturated rings. The first-order chi connectivity index (χ1) is 16.3. The molecule has 2 aromatic heterocycles. The van der Waals surface area contributed by atoms with E-state index in [1.165, 1.54) is 11.6 Å². The van der Waals surface area contributed by atoms with Gasteiger partial charge in [0, 0.05) is 24.4 Å². The number of imidazole rings is 1. The number of ether oxygens (including phenoxy) is 1. The van der Waals surface area contributed by atoms with Crippen LogP contribution in [0.2, 0.25) is 0 Å². The molecule has 4 heterocycles. The van der Waals surface area contributed by atoms with Crippen LogP contribution in [0.4, 0.5) is 13.2 Å². The van der Waals surface area contributed by atoms with Crippen LogP contribution < -0.4 is 4.74 Å². The van der Waals surface area contributed by atoms with Gasteiger partial charge >= 0.3 is 6.18 Å². The minimum atomic E-state index is -4.44. The minimum absolute atomic E-state index is 0.117. The van der Waals surface area contributed by atoms with Gasteiger partial charge in [0.2, 0.25) is 5.88 Å². The van der Waals surface area contributed by atoms with Crippen molar-refractivity contribution in [2.75, 3.05) is 13.2 Å². The Bertz CT molecular complexity index is 1270. The van der Waals surface area contributed by atoms with E-state index >= 15 is 0 Å². The van der Waals surface area contributed by atoms with Crippen molar-refractivity contribution in [2.24, 2.45) is 11.8 Å². The van der Waals surface area contributed by atoms with Gasteiger partial charge in [0.15, 0.2) is 5.69 Å². The number of rotatable bonds is 4. The van der Waals surface area contributed by atoms with Crippen LogP contribution in [0.5, 0.6) is 5.88 Å². The van der Waals surface area contributed by atoms with Gasteiger partial charge in [0.1, 0.15) is 12.4 Å². The Morgan fingerprint density at radius 3 is 2.74 bits per heavy atom. The zero-order valence-electron chi connectivity index (χ0n) is 18.5. The molecule has 6 rings (SSSR count). The van der Waals surface area contributed by atoms with Crippen LogP contribution in [0, 0.1) is 18.8 Å². The Labute approximate surface area is 194 Å². The molecule has 0 bridgehead atoms. The molecule has 0 unspecified atom stereocenters. The number of carbonyl (C=O) groups is 1. The first-order valence-corrected chi connectivity index (χ1v) is 11.4. The van der Waals surface area contributed by atoms with Crippen LogP contribution in [0.15, 0.2) is 42.6 Å². The number of amides is 1. The van der Waals surface area contributed by atoms with Gasteiger partial charge in [-0.25, -0.2) is 9.97 Å². The van der Waals surface area contributed by atoms with Crippen molar-refractivity contribution in [1.29, 1.82) is 0 Å². The number of nitrogens with zero attached hydrogens (tertiary/aromatic N) is 4. The maximum Gasteiger partial charge on any atom is 0.417 e. The monoisotopic (exact) mass is 468 g/mol. The highest BCUT2D eigenvalue weighted by molar-refractivity contribution is 5.99. The van der Waals surface area contributed by atoms with Gasteiger partial charge in [-0.2, -0.15) is 13.2 Å². The zero-order chi connectivity index (χ0) is 23.6. The summed E-state index contributed by atoms with van der Waals surface area (Å²) in [5.74, 6) is 1.86. The number of halogens is 3. The van der Waals surface area contributed by atoms with Gasteiger partial charge in [0.25, 0.3) is 5.91 Å². The molecule has 1 aromatic carbocycles. The zero-order valence-corrected chi connectivity index (χ0v) is 18.5. The number of alkyl halides is 3. The van der Waals surface area contributed by atoms with Gasteiger partial charge in [-0.15, -0.1) is 0 Å². The average molecular weight is 468 g/mol. The van der Waals surface area contributed by atoms with Crippen molar-refractivity contribution < 1.29 is 22.7 Å². The van der Waals surface area contributed by atoms with Crippen LogP contribution >= 0.6 is 0 Å². The lowest BCUT2D eigenvalue weighted by Crippen LogP contribution is -2.48. The van der Waals surface area contributed by atoms with E-state index in [0.717, 1.165) is 42.2 Å². The first kappa shape index (κ1) is 21.2. The predicted octanol–water partition coefficient (Wildman–Crippen LogP) is 4.56. The second-order valence-electron chi connectivity index (χ2n) is 9.40. The number of aryl methyl sites for hydroxylation is 1. The first-order valence-electron chi connectivity index (χ1n) is 11.4. The van der Waals surface area contributed by atoms with Crippen molar-refractivity contribution in [3.05, 3.63) is 65.2 Å². The molecule has 2 aliphatic heterocycles. The summed E-state index contributed by atoms with van der Waals surface area (Å²) < 4.78 is 46.2. The third-order valence-electron chi connectivity index (χ3n) is 7.23. The van der Waals surface area contributed by atoms with E-state index in [1.807, 2.05) is 30.0 Å². The molecule has 3 atom stereocenters. The highest BCUT2D eigenvalue weighted by atomic mass is 19.4. The molecule has 1 saturated heterocycles. The van der Waals surface area contributed by atoms with E-state index in [0.29, 0.717) is 30.6 Å². The molecule has 0 radical (unpaired) electrons. The molecule has 1 aliphatic carbocycles. The number of hydrogen-bond acceptors (Lipinski definition) is 4. The molecule has 0 N–H and O–H groups in total. The molecule has 0 spiro atoms. The predicted molar refractivity (Wildman–Crippen MR) is 117 cm³/mol. The summed E-state index contributed by atoms with van der Waals surface area (Å²) in [6.07, 6.45) is -1.78. The van der Waals surface area contributed by atoms with E-state index in [2.05, 4.69) is 20.6 Å². The SMILES string of the molecule is Cc1nc(C(=O)N2C[C@@H]3C[C@@H]3C[C@H]2COc2ccc(C(F)(F)F)cn2)c2n1Cc1ccccc1-2. The summed E-state index contributed by atoms with van der Waals surface area (Å²) >= 11 is 0. The molecule has 3 aliphatic rings. The van der Waals surface area contributed by atoms with Gasteiger partial charge < -0.3 is 14.2 Å². The van der Waals surface area contributed by atoms with Gasteiger partial charge in [0.05, 0.1) is 23.8 Å². The smallest absolute Gasteiger partial charge is 0.417 e. The van der Waals surface area contributed by atoms with Crippen molar-refractivity contribution >= 4 is 5.91 Å². The molecule has 34 heavy (non-hydrogen) atoms. The summed E-state index contributed by atoms with van der Waals surface area (Å²) in [6, 6.07) is 10.0. The molecule has 1 amide bonds. The Kier molecular flexibility index (Phi) is 4.72. The van der Waals surface area contributed by atoms with E-state index in [9.17, 15) is 18.0 Å². The van der Waals surface area contributed by atoms with E-state index in [4.69, 9.17) is 4.74 Å². The molecule has 1 saturated carbocycles. The Hall–Kier alpha value is -3.36. The van der Waals surface area contributed by atoms with Gasteiger partial charge in [-0.3, -0.25) is 4.79 Å². The number of piperidine rings is 1. The topological polar surface area (TPSA) is 60.3 Å². The van der Waals surface area contributed by atoms with Crippen LogP contribution in [0.1, 0.15) is 40.3 Å². The summed E-state index contributed by atoms with van der Waals surface area (Å²) in [4.78, 5) is 24.1. The summed E-state index contributed by atoms with van der Waals surface area (Å²) in [5.41, 5.74) is 2.71. The molecular weight excluding hydrogens is 445 g/mol. The normalized spacial score (nSPS) is 22.7. The van der Waals surface area contributed by atoms with Crippen LogP contribution in [-0.2, 0) is 12.7 Å². The molecule has 9 heteroatoms. The third-order valence-corrected chi connectivity index (χ3v) is 7.23. The highest BCUT2D eigenvalue weighted by Gasteiger charge is 2.48. The third kappa shape index (κ3) is 3.54. The lowest BCUT2D eigenvalue weighted by molar-refractivity contribution is -0.137. The van der Waals surface area contributed by atoms with Gasteiger partial charge in [-0.1, -0.05) is 24.3 Å². The summed E-state index contributed by atoms with van der Waals surface area (Å²) in [6.45, 7) is 3.44. The molecular formula is C25H23F3N4O2. The number of aromatic nitrogens is 3. The standard InChI is InChI=1S/C25H23F3N4O2/c1-14-30-22(23-20-5-3-2-4-15(20)11-31(14)23)24(33)32-12-17-8-16(17)9-19(32)13-34-21-7-6-18(10-29-21)25(26,27)28/h2-7,10,16-17,19H,8-9,11-13H2,1H3/t16-,17+,19+/m1/s1. The molecule has 3 aromatic rings. The van der Waals surface area contributed by atoms with E-state index in [-0.39, 0.29) is 24.4 Å². The molecule has 176 valence electrons. The largest absolute Gasteiger partial charge is 0.475 e. The second-order valence-corrected chi connectivity index (χ2v) is 9.40. The van der Waals surface area contributed by atoms with Crippen LogP contribution in [0.3, 0.4) is 0 Å². The average Bonchev–Trinajstić information content (AvgIpc) is 3.36. The number of carbonyl (C=O) groups excluding carboxylic acids is 1. The highest BCUT2D eigenvalue weighted by Crippen LogP contribution is 2.48. The Balaban J connectivity index is 1.24. The number of pyridine rings is 1. The maximum absolute atomic E-state index is 13.8. The van der Waals surface area contributed by atoms with Gasteiger partial charge in [-0.05, 0) is 43.2 Å². The van der Waals surface area contributed by atoms with Crippen molar-refractivity contribution in [3.63, 3.8) is 0 Å². The number of fused-ring (bicyclic) bond motifs is 4. The van der Waals surface area contributed by atoms with E-state index in [1.54, 1.807) is 0 Å². The van der Waals surface area contributed by atoms with E-state index < -0.39 is 11.7 Å². The minimum Gasteiger partial charge on any atom is -0.475 e. The number of hydrogen-bond donors (Lipinski definition) is 0. The fourth-order valence-electron chi connectivity index (χ4n) is 5.30. The fraction of sp³-hybridized carbons (Fsp3) is 0.400. The second kappa shape index (κ2) is 7.58. The van der Waals surface area contributed by atoms with Crippen LogP contribution in [-0.4, -0.2) is 44.5 Å². The Morgan fingerprint density at radius 2 is 1.97 bits per heavy atom. The molecule has 6 nitrogen and oxygen atoms in total. The lowest BCUT2D eigenvalue weighted by Gasteiger charge is -2.35. The quantitative estimate of drug-likeness (QED) is 0.441. The van der Waals surface area contributed by atoms with Crippen molar-refractivity contribution in [1.82, 2.24) is 19.4 Å². The summed E-state index contributed by atoms with van der Waals surface area (Å²) in [5, 5.41) is 0. The van der Waals surface area contributed by atoms with Crippen LogP contribution in [0.25, 0.3) is 11.3 Å². The number of benzene rings is 1. The Morgan fingerprint density at radius 1 is 1.15 bits per heavy atom. The summed E-state index contributed by atoms with van der Waals surface area (Å²) in [7, 11) is 0. The maximum atomic E-state index is 13.8.